The molecule has 3 aromatic rings. The number of methoxy groups -OCH3 is 2. The van der Waals surface area contributed by atoms with Gasteiger partial charge in [-0.15, -0.1) is 0 Å². The molecule has 2 aromatic carbocycles. The van der Waals surface area contributed by atoms with Gasteiger partial charge in [0, 0.05) is 28.7 Å². The molecular weight excluding hydrogens is 356 g/mol. The summed E-state index contributed by atoms with van der Waals surface area (Å²) in [6.07, 6.45) is 1.58. The number of aromatic nitrogens is 1. The number of rotatable bonds is 5. The number of nitrogens with zero attached hydrogens (tertiary/aromatic N) is 1. The Kier molecular flexibility index (Phi) is 5.14. The van der Waals surface area contributed by atoms with Gasteiger partial charge >= 0.3 is 0 Å². The summed E-state index contributed by atoms with van der Waals surface area (Å²) in [5, 5.41) is 3.80. The zero-order chi connectivity index (χ0) is 18.7. The predicted molar refractivity (Wildman–Crippen MR) is 101 cm³/mol. The summed E-state index contributed by atoms with van der Waals surface area (Å²) in [6.45, 7) is 0.0201. The Hall–Kier alpha value is -2.99. The first-order valence-corrected chi connectivity index (χ1v) is 8.20. The molecule has 0 spiro atoms. The van der Waals surface area contributed by atoms with Crippen molar-refractivity contribution >= 4 is 34.1 Å². The number of ether oxygens (including phenoxy) is 2. The summed E-state index contributed by atoms with van der Waals surface area (Å²) in [4.78, 5) is 24.5. The lowest BCUT2D eigenvalue weighted by molar-refractivity contribution is -0.116. The maximum Gasteiger partial charge on any atom is 0.244 e. The monoisotopic (exact) mass is 372 g/mol. The van der Waals surface area contributed by atoms with Crippen LogP contribution in [0, 0.1) is 0 Å². The number of carbonyl (C=O) groups excluding carboxylic acids is 1. The fourth-order valence-electron chi connectivity index (χ4n) is 2.66. The van der Waals surface area contributed by atoms with Gasteiger partial charge in [-0.1, -0.05) is 11.6 Å². The molecule has 0 aliphatic carbocycles. The number of nitrogens with one attached hydrogen (secondary N) is 1. The number of benzene rings is 2. The minimum atomic E-state index is -0.265. The van der Waals surface area contributed by atoms with Crippen molar-refractivity contribution < 1.29 is 14.3 Å². The number of fused-ring (bicyclic) bond motifs is 1. The molecule has 0 atom stereocenters. The van der Waals surface area contributed by atoms with Crippen LogP contribution in [-0.4, -0.2) is 24.7 Å². The van der Waals surface area contributed by atoms with E-state index in [4.69, 9.17) is 21.1 Å². The Labute approximate surface area is 154 Å². The van der Waals surface area contributed by atoms with Gasteiger partial charge in [0.2, 0.25) is 5.91 Å². The van der Waals surface area contributed by atoms with Crippen LogP contribution in [0.2, 0.25) is 5.02 Å². The van der Waals surface area contributed by atoms with E-state index in [9.17, 15) is 9.59 Å². The van der Waals surface area contributed by atoms with E-state index in [0.717, 1.165) is 0 Å². The molecule has 0 saturated heterocycles. The smallest absolute Gasteiger partial charge is 0.244 e. The van der Waals surface area contributed by atoms with Crippen molar-refractivity contribution in [2.24, 2.45) is 0 Å². The molecule has 0 bridgehead atoms. The molecule has 0 unspecified atom stereocenters. The van der Waals surface area contributed by atoms with Crippen LogP contribution in [-0.2, 0) is 11.3 Å². The summed E-state index contributed by atoms with van der Waals surface area (Å²) in [6, 6.07) is 11.5. The van der Waals surface area contributed by atoms with Crippen molar-refractivity contribution in [1.29, 1.82) is 0 Å². The van der Waals surface area contributed by atoms with Gasteiger partial charge in [-0.05, 0) is 30.3 Å². The first-order chi connectivity index (χ1) is 12.5. The summed E-state index contributed by atoms with van der Waals surface area (Å²) in [5.41, 5.74) is 1.01. The average molecular weight is 373 g/mol. The largest absolute Gasteiger partial charge is 0.497 e. The zero-order valence-electron chi connectivity index (χ0n) is 14.3. The number of hydrogen-bond donors (Lipinski definition) is 1. The fourth-order valence-corrected chi connectivity index (χ4v) is 2.83. The van der Waals surface area contributed by atoms with Crippen LogP contribution in [0.1, 0.15) is 0 Å². The highest BCUT2D eigenvalue weighted by molar-refractivity contribution is 6.31. The van der Waals surface area contributed by atoms with Crippen molar-refractivity contribution in [3.8, 4) is 11.5 Å². The lowest BCUT2D eigenvalue weighted by Crippen LogP contribution is -2.20. The van der Waals surface area contributed by atoms with Gasteiger partial charge in [0.15, 0.2) is 5.43 Å². The molecule has 1 amide bonds. The van der Waals surface area contributed by atoms with E-state index >= 15 is 0 Å². The standard InChI is InChI=1S/C19H17ClN2O4/c1-25-13-4-6-15(18(10-13)26-2)21-19(24)11-22-8-7-17(23)14-5-3-12(20)9-16(14)22/h3-10H,11H2,1-2H3,(H,21,24). The van der Waals surface area contributed by atoms with Gasteiger partial charge in [0.1, 0.15) is 18.0 Å². The molecule has 0 aliphatic rings. The summed E-state index contributed by atoms with van der Waals surface area (Å²) < 4.78 is 12.1. The number of carbonyl (C=O) groups is 1. The lowest BCUT2D eigenvalue weighted by atomic mass is 10.2. The minimum Gasteiger partial charge on any atom is -0.497 e. The van der Waals surface area contributed by atoms with Crippen LogP contribution in [0.25, 0.3) is 10.9 Å². The normalized spacial score (nSPS) is 10.6. The van der Waals surface area contributed by atoms with Crippen LogP contribution in [0.3, 0.4) is 0 Å². The van der Waals surface area contributed by atoms with E-state index in [0.29, 0.717) is 33.1 Å². The summed E-state index contributed by atoms with van der Waals surface area (Å²) >= 11 is 6.03. The lowest BCUT2D eigenvalue weighted by Gasteiger charge is -2.14. The van der Waals surface area contributed by atoms with E-state index in [1.165, 1.54) is 13.2 Å². The van der Waals surface area contributed by atoms with Crippen molar-refractivity contribution in [1.82, 2.24) is 4.57 Å². The van der Waals surface area contributed by atoms with Gasteiger partial charge in [0.05, 0.1) is 25.4 Å². The maximum atomic E-state index is 12.5. The number of halogens is 1. The second-order valence-corrected chi connectivity index (χ2v) is 6.02. The Morgan fingerprint density at radius 1 is 1.12 bits per heavy atom. The molecule has 0 radical (unpaired) electrons. The third-order valence-electron chi connectivity index (χ3n) is 3.94. The molecule has 26 heavy (non-hydrogen) atoms. The molecule has 134 valence electrons. The quantitative estimate of drug-likeness (QED) is 0.746. The topological polar surface area (TPSA) is 69.6 Å². The number of anilines is 1. The summed E-state index contributed by atoms with van der Waals surface area (Å²) in [5.74, 6) is 0.852. The molecule has 0 aliphatic heterocycles. The first kappa shape index (κ1) is 17.8. The molecule has 6 nitrogen and oxygen atoms in total. The summed E-state index contributed by atoms with van der Waals surface area (Å²) in [7, 11) is 3.07. The predicted octanol–water partition coefficient (Wildman–Crippen LogP) is 3.31. The Balaban J connectivity index is 1.87. The highest BCUT2D eigenvalue weighted by atomic mass is 35.5. The molecule has 0 fully saturated rings. The second-order valence-electron chi connectivity index (χ2n) is 5.58. The van der Waals surface area contributed by atoms with Crippen LogP contribution in [0.15, 0.2) is 53.5 Å². The van der Waals surface area contributed by atoms with E-state index in [-0.39, 0.29) is 17.9 Å². The van der Waals surface area contributed by atoms with Crippen molar-refractivity contribution in [2.45, 2.75) is 6.54 Å². The fraction of sp³-hybridized carbons (Fsp3) is 0.158. The van der Waals surface area contributed by atoms with E-state index in [2.05, 4.69) is 5.32 Å². The van der Waals surface area contributed by atoms with E-state index in [1.54, 1.807) is 54.3 Å². The molecule has 1 N–H and O–H groups in total. The maximum absolute atomic E-state index is 12.5. The van der Waals surface area contributed by atoms with Crippen LogP contribution < -0.4 is 20.2 Å². The Bertz CT molecular complexity index is 1030. The van der Waals surface area contributed by atoms with Gasteiger partial charge in [-0.25, -0.2) is 0 Å². The average Bonchev–Trinajstić information content (AvgIpc) is 2.64. The van der Waals surface area contributed by atoms with Crippen molar-refractivity contribution in [3.05, 3.63) is 63.9 Å². The van der Waals surface area contributed by atoms with Crippen LogP contribution in [0.4, 0.5) is 5.69 Å². The third kappa shape index (κ3) is 3.65. The minimum absolute atomic E-state index is 0.0201. The number of pyridine rings is 1. The highest BCUT2D eigenvalue weighted by Crippen LogP contribution is 2.29. The molecule has 3 rings (SSSR count). The molecule has 1 heterocycles. The van der Waals surface area contributed by atoms with E-state index in [1.807, 2.05) is 0 Å². The van der Waals surface area contributed by atoms with Gasteiger partial charge < -0.3 is 19.4 Å². The third-order valence-corrected chi connectivity index (χ3v) is 4.17. The van der Waals surface area contributed by atoms with Gasteiger partial charge in [-0.2, -0.15) is 0 Å². The molecule has 7 heteroatoms. The highest BCUT2D eigenvalue weighted by Gasteiger charge is 2.11. The Morgan fingerprint density at radius 3 is 2.65 bits per heavy atom. The van der Waals surface area contributed by atoms with Gasteiger partial charge in [0.25, 0.3) is 0 Å². The van der Waals surface area contributed by atoms with Crippen molar-refractivity contribution in [3.63, 3.8) is 0 Å². The van der Waals surface area contributed by atoms with Crippen LogP contribution >= 0.6 is 11.6 Å². The van der Waals surface area contributed by atoms with Crippen LogP contribution in [0.5, 0.6) is 11.5 Å². The van der Waals surface area contributed by atoms with E-state index < -0.39 is 0 Å². The molecular formula is C19H17ClN2O4. The second kappa shape index (κ2) is 7.49. The first-order valence-electron chi connectivity index (χ1n) is 7.82. The molecule has 1 aromatic heterocycles. The van der Waals surface area contributed by atoms with Gasteiger partial charge in [-0.3, -0.25) is 9.59 Å². The number of hydrogen-bond acceptors (Lipinski definition) is 4. The SMILES string of the molecule is COc1ccc(NC(=O)Cn2ccc(=O)c3ccc(Cl)cc32)c(OC)c1. The Morgan fingerprint density at radius 2 is 1.92 bits per heavy atom. The zero-order valence-corrected chi connectivity index (χ0v) is 15.0. The number of amides is 1. The molecule has 0 saturated carbocycles. The van der Waals surface area contributed by atoms with Crippen molar-refractivity contribution in [2.75, 3.05) is 19.5 Å².